The van der Waals surface area contributed by atoms with Gasteiger partial charge in [-0.1, -0.05) is 42.8 Å². The molecule has 1 heterocycles. The predicted octanol–water partition coefficient (Wildman–Crippen LogP) is 3.74. The fourth-order valence-corrected chi connectivity index (χ4v) is 6.93. The highest BCUT2D eigenvalue weighted by molar-refractivity contribution is 7.92. The van der Waals surface area contributed by atoms with E-state index in [-0.39, 0.29) is 29.4 Å². The second-order valence-electron chi connectivity index (χ2n) is 7.92. The minimum Gasteiger partial charge on any atom is -0.325 e. The minimum absolute atomic E-state index is 0.107. The quantitative estimate of drug-likeness (QED) is 0.475. The van der Waals surface area contributed by atoms with Crippen molar-refractivity contribution in [3.8, 4) is 0 Å². The second kappa shape index (κ2) is 9.98. The summed E-state index contributed by atoms with van der Waals surface area (Å²) >= 11 is 5.89. The monoisotopic (exact) mass is 533 g/mol. The van der Waals surface area contributed by atoms with Crippen molar-refractivity contribution in [2.45, 2.75) is 23.1 Å². The fraction of sp³-hybridized carbons (Fsp3) is 0.208. The summed E-state index contributed by atoms with van der Waals surface area (Å²) in [5.41, 5.74) is 1.68. The normalized spacial score (nSPS) is 13.6. The fourth-order valence-electron chi connectivity index (χ4n) is 3.88. The summed E-state index contributed by atoms with van der Waals surface area (Å²) < 4.78 is 54.5. The molecule has 0 atom stereocenters. The third-order valence-electron chi connectivity index (χ3n) is 5.68. The van der Waals surface area contributed by atoms with Gasteiger partial charge in [0.2, 0.25) is 15.9 Å². The van der Waals surface area contributed by atoms with E-state index in [2.05, 4.69) is 5.32 Å². The van der Waals surface area contributed by atoms with Gasteiger partial charge in [0.05, 0.1) is 22.0 Å². The summed E-state index contributed by atoms with van der Waals surface area (Å²) in [4.78, 5) is 13.0. The number of likely N-dealkylation sites (N-methyl/N-ethyl adjacent to an activating group) is 1. The molecule has 0 spiro atoms. The smallest absolute Gasteiger partial charge is 0.264 e. The lowest BCUT2D eigenvalue weighted by atomic mass is 10.1. The van der Waals surface area contributed by atoms with Crippen molar-refractivity contribution in [3.63, 3.8) is 0 Å². The molecule has 0 saturated heterocycles. The van der Waals surface area contributed by atoms with Crippen LogP contribution < -0.4 is 9.62 Å². The first-order valence-electron chi connectivity index (χ1n) is 10.9. The lowest BCUT2D eigenvalue weighted by Gasteiger charge is -2.21. The van der Waals surface area contributed by atoms with Crippen LogP contribution in [0.1, 0.15) is 12.5 Å². The highest BCUT2D eigenvalue weighted by atomic mass is 35.5. The number of anilines is 2. The molecule has 0 aromatic heterocycles. The molecular formula is C24H24ClN3O5S2. The van der Waals surface area contributed by atoms with Gasteiger partial charge < -0.3 is 5.32 Å². The van der Waals surface area contributed by atoms with Crippen molar-refractivity contribution in [2.75, 3.05) is 29.3 Å². The Kier molecular flexibility index (Phi) is 7.18. The van der Waals surface area contributed by atoms with Gasteiger partial charge in [-0.2, -0.15) is 4.31 Å². The number of fused-ring (bicyclic) bond motifs is 1. The molecule has 0 unspecified atom stereocenters. The third kappa shape index (κ3) is 5.20. The van der Waals surface area contributed by atoms with E-state index in [0.29, 0.717) is 22.8 Å². The Morgan fingerprint density at radius 1 is 0.971 bits per heavy atom. The van der Waals surface area contributed by atoms with Crippen LogP contribution in [-0.4, -0.2) is 46.7 Å². The number of halogens is 1. The van der Waals surface area contributed by atoms with Crippen molar-refractivity contribution in [1.82, 2.24) is 4.31 Å². The zero-order valence-electron chi connectivity index (χ0n) is 18.9. The van der Waals surface area contributed by atoms with E-state index in [1.165, 1.54) is 40.7 Å². The molecule has 1 aliphatic heterocycles. The van der Waals surface area contributed by atoms with Gasteiger partial charge in [0, 0.05) is 23.8 Å². The zero-order chi connectivity index (χ0) is 25.2. The Morgan fingerprint density at radius 3 is 2.31 bits per heavy atom. The molecule has 0 fully saturated rings. The number of sulfonamides is 2. The molecule has 1 aliphatic rings. The molecule has 0 bridgehead atoms. The van der Waals surface area contributed by atoms with E-state index in [0.717, 1.165) is 9.87 Å². The molecule has 8 nitrogen and oxygen atoms in total. The Hall–Kier alpha value is -2.92. The van der Waals surface area contributed by atoms with Crippen LogP contribution in [0.2, 0.25) is 5.02 Å². The SMILES string of the molecule is CCN(CC(=O)Nc1ccc2c(c1)N(S(=O)(=O)c1ccc(Cl)cc1)CC2)S(=O)(=O)c1ccccc1. The Bertz CT molecular complexity index is 1440. The number of carbonyl (C=O) groups excluding carboxylic acids is 1. The zero-order valence-corrected chi connectivity index (χ0v) is 21.3. The molecule has 184 valence electrons. The summed E-state index contributed by atoms with van der Waals surface area (Å²) in [7, 11) is -7.65. The largest absolute Gasteiger partial charge is 0.325 e. The molecule has 1 amide bonds. The van der Waals surface area contributed by atoms with Crippen LogP contribution in [0.25, 0.3) is 0 Å². The number of nitrogens with zero attached hydrogens (tertiary/aromatic N) is 2. The number of carbonyl (C=O) groups is 1. The molecule has 0 saturated carbocycles. The Morgan fingerprint density at radius 2 is 1.66 bits per heavy atom. The van der Waals surface area contributed by atoms with Crippen molar-refractivity contribution >= 4 is 48.9 Å². The summed E-state index contributed by atoms with van der Waals surface area (Å²) in [6.45, 7) is 1.67. The molecule has 0 aliphatic carbocycles. The van der Waals surface area contributed by atoms with E-state index in [1.54, 1.807) is 43.3 Å². The number of hydrogen-bond acceptors (Lipinski definition) is 5. The first-order valence-corrected chi connectivity index (χ1v) is 14.1. The molecule has 3 aromatic rings. The molecule has 35 heavy (non-hydrogen) atoms. The molecular weight excluding hydrogens is 510 g/mol. The Labute approximate surface area is 210 Å². The van der Waals surface area contributed by atoms with Crippen LogP contribution in [0.3, 0.4) is 0 Å². The molecule has 1 N–H and O–H groups in total. The maximum atomic E-state index is 13.2. The van der Waals surface area contributed by atoms with Gasteiger partial charge in [0.1, 0.15) is 0 Å². The van der Waals surface area contributed by atoms with Crippen LogP contribution in [0.15, 0.2) is 82.6 Å². The standard InChI is InChI=1S/C24H24ClN3O5S2/c1-2-27(34(30,31)21-6-4-3-5-7-21)17-24(29)26-20-11-8-18-14-15-28(23(18)16-20)35(32,33)22-12-9-19(25)10-13-22/h3-13,16H,2,14-15,17H2,1H3,(H,26,29). The average Bonchev–Trinajstić information content (AvgIpc) is 3.27. The Balaban J connectivity index is 1.53. The van der Waals surface area contributed by atoms with Crippen molar-refractivity contribution in [1.29, 1.82) is 0 Å². The first kappa shape index (κ1) is 25.2. The number of rotatable bonds is 8. The molecule has 4 rings (SSSR count). The van der Waals surface area contributed by atoms with Crippen molar-refractivity contribution in [3.05, 3.63) is 83.4 Å². The highest BCUT2D eigenvalue weighted by Crippen LogP contribution is 2.35. The van der Waals surface area contributed by atoms with Crippen molar-refractivity contribution < 1.29 is 21.6 Å². The number of benzene rings is 3. The van der Waals surface area contributed by atoms with Gasteiger partial charge in [-0.15, -0.1) is 0 Å². The van der Waals surface area contributed by atoms with E-state index in [9.17, 15) is 21.6 Å². The lowest BCUT2D eigenvalue weighted by molar-refractivity contribution is -0.116. The number of hydrogen-bond donors (Lipinski definition) is 1. The van der Waals surface area contributed by atoms with Gasteiger partial charge in [-0.05, 0) is 60.5 Å². The first-order chi connectivity index (χ1) is 16.6. The van der Waals surface area contributed by atoms with Crippen molar-refractivity contribution in [2.24, 2.45) is 0 Å². The van der Waals surface area contributed by atoms with Crippen LogP contribution in [0.5, 0.6) is 0 Å². The summed E-state index contributed by atoms with van der Waals surface area (Å²) in [5.74, 6) is -0.531. The van der Waals surface area contributed by atoms with Crippen LogP contribution in [-0.2, 0) is 31.3 Å². The topological polar surface area (TPSA) is 104 Å². The van der Waals surface area contributed by atoms with Crippen LogP contribution in [0.4, 0.5) is 11.4 Å². The lowest BCUT2D eigenvalue weighted by Crippen LogP contribution is -2.37. The number of nitrogens with one attached hydrogen (secondary N) is 1. The molecule has 11 heteroatoms. The van der Waals surface area contributed by atoms with Gasteiger partial charge in [0.15, 0.2) is 0 Å². The highest BCUT2D eigenvalue weighted by Gasteiger charge is 2.31. The average molecular weight is 534 g/mol. The predicted molar refractivity (Wildman–Crippen MR) is 136 cm³/mol. The maximum absolute atomic E-state index is 13.2. The molecule has 3 aromatic carbocycles. The van der Waals surface area contributed by atoms with E-state index in [4.69, 9.17) is 11.6 Å². The minimum atomic E-state index is -3.83. The summed E-state index contributed by atoms with van der Waals surface area (Å²) in [6.07, 6.45) is 0.537. The summed E-state index contributed by atoms with van der Waals surface area (Å²) in [6, 6.07) is 18.9. The number of amides is 1. The molecule has 0 radical (unpaired) electrons. The van der Waals surface area contributed by atoms with E-state index < -0.39 is 26.0 Å². The van der Waals surface area contributed by atoms with Gasteiger partial charge in [-0.25, -0.2) is 16.8 Å². The van der Waals surface area contributed by atoms with Crippen LogP contribution in [0, 0.1) is 0 Å². The van der Waals surface area contributed by atoms with E-state index in [1.807, 2.05) is 0 Å². The van der Waals surface area contributed by atoms with E-state index >= 15 is 0 Å². The van der Waals surface area contributed by atoms with Gasteiger partial charge in [-0.3, -0.25) is 9.10 Å². The third-order valence-corrected chi connectivity index (χ3v) is 9.69. The van der Waals surface area contributed by atoms with Gasteiger partial charge >= 0.3 is 0 Å². The second-order valence-corrected chi connectivity index (χ2v) is 12.2. The maximum Gasteiger partial charge on any atom is 0.264 e. The van der Waals surface area contributed by atoms with Gasteiger partial charge in [0.25, 0.3) is 10.0 Å². The summed E-state index contributed by atoms with van der Waals surface area (Å²) in [5, 5.41) is 3.13. The van der Waals surface area contributed by atoms with Crippen LogP contribution >= 0.6 is 11.6 Å².